The highest BCUT2D eigenvalue weighted by molar-refractivity contribution is 6.33. The summed E-state index contributed by atoms with van der Waals surface area (Å²) in [6.45, 7) is 0. The number of carbonyl (C=O) groups is 1. The zero-order chi connectivity index (χ0) is 14.0. The van der Waals surface area contributed by atoms with Crippen LogP contribution in [0.25, 0.3) is 0 Å². The molecular formula is C13H11ClFN3O. The Labute approximate surface area is 114 Å². The zero-order valence-electron chi connectivity index (χ0n) is 9.78. The number of hydrogen-bond donors (Lipinski definition) is 3. The lowest BCUT2D eigenvalue weighted by atomic mass is 10.1. The summed E-state index contributed by atoms with van der Waals surface area (Å²) in [6.07, 6.45) is 0. The summed E-state index contributed by atoms with van der Waals surface area (Å²) in [5, 5.41) is 2.68. The van der Waals surface area contributed by atoms with Gasteiger partial charge in [-0.15, -0.1) is 0 Å². The fourth-order valence-electron chi connectivity index (χ4n) is 1.59. The normalized spacial score (nSPS) is 10.2. The molecule has 0 aliphatic carbocycles. The Morgan fingerprint density at radius 2 is 1.74 bits per heavy atom. The van der Waals surface area contributed by atoms with Crippen LogP contribution >= 0.6 is 11.6 Å². The first-order valence-corrected chi connectivity index (χ1v) is 5.76. The number of nitrogens with one attached hydrogen (secondary N) is 1. The first-order chi connectivity index (χ1) is 8.95. The third-order valence-electron chi connectivity index (χ3n) is 2.42. The van der Waals surface area contributed by atoms with E-state index in [2.05, 4.69) is 5.32 Å². The van der Waals surface area contributed by atoms with Gasteiger partial charge in [-0.2, -0.15) is 0 Å². The summed E-state index contributed by atoms with van der Waals surface area (Å²) in [5.74, 6) is -0.899. The molecule has 0 aliphatic heterocycles. The van der Waals surface area contributed by atoms with Crippen molar-refractivity contribution in [2.75, 3.05) is 16.8 Å². The molecule has 98 valence electrons. The number of amides is 1. The van der Waals surface area contributed by atoms with Crippen molar-refractivity contribution in [1.82, 2.24) is 0 Å². The molecule has 0 aliphatic rings. The van der Waals surface area contributed by atoms with Gasteiger partial charge in [0, 0.05) is 16.9 Å². The van der Waals surface area contributed by atoms with Crippen LogP contribution in [0.4, 0.5) is 21.5 Å². The standard InChI is InChI=1S/C13H11ClFN3O/c14-11-5-8(15)1-2-12(11)18-13(19)7-3-9(16)6-10(17)4-7/h1-6H,16-17H2,(H,18,19). The van der Waals surface area contributed by atoms with E-state index in [1.54, 1.807) is 6.07 Å². The van der Waals surface area contributed by atoms with Crippen LogP contribution in [0, 0.1) is 5.82 Å². The van der Waals surface area contributed by atoms with Crippen LogP contribution < -0.4 is 16.8 Å². The lowest BCUT2D eigenvalue weighted by Crippen LogP contribution is -2.13. The first kappa shape index (κ1) is 13.2. The molecule has 0 saturated carbocycles. The second-order valence-electron chi connectivity index (χ2n) is 3.97. The van der Waals surface area contributed by atoms with Crippen LogP contribution in [0.2, 0.25) is 5.02 Å². The Kier molecular flexibility index (Phi) is 3.57. The van der Waals surface area contributed by atoms with Gasteiger partial charge in [0.25, 0.3) is 5.91 Å². The summed E-state index contributed by atoms with van der Waals surface area (Å²) >= 11 is 5.82. The van der Waals surface area contributed by atoms with E-state index in [0.717, 1.165) is 6.07 Å². The van der Waals surface area contributed by atoms with E-state index in [1.165, 1.54) is 24.3 Å². The number of anilines is 3. The van der Waals surface area contributed by atoms with Gasteiger partial charge in [-0.05, 0) is 36.4 Å². The quantitative estimate of drug-likeness (QED) is 0.739. The fraction of sp³-hybridized carbons (Fsp3) is 0. The molecule has 0 bridgehead atoms. The van der Waals surface area contributed by atoms with E-state index < -0.39 is 11.7 Å². The van der Waals surface area contributed by atoms with E-state index in [4.69, 9.17) is 23.1 Å². The van der Waals surface area contributed by atoms with Crippen molar-refractivity contribution in [2.45, 2.75) is 0 Å². The number of benzene rings is 2. The average molecular weight is 280 g/mol. The molecule has 19 heavy (non-hydrogen) atoms. The highest BCUT2D eigenvalue weighted by atomic mass is 35.5. The largest absolute Gasteiger partial charge is 0.399 e. The smallest absolute Gasteiger partial charge is 0.255 e. The number of nitrogens with two attached hydrogens (primary N) is 2. The van der Waals surface area contributed by atoms with Crippen molar-refractivity contribution >= 4 is 34.6 Å². The van der Waals surface area contributed by atoms with E-state index in [0.29, 0.717) is 22.6 Å². The third-order valence-corrected chi connectivity index (χ3v) is 2.73. The average Bonchev–Trinajstić information content (AvgIpc) is 2.31. The summed E-state index contributed by atoms with van der Waals surface area (Å²) < 4.78 is 12.9. The van der Waals surface area contributed by atoms with Crippen molar-refractivity contribution < 1.29 is 9.18 Å². The van der Waals surface area contributed by atoms with Crippen molar-refractivity contribution in [3.05, 3.63) is 52.8 Å². The van der Waals surface area contributed by atoms with Crippen LogP contribution in [0.3, 0.4) is 0 Å². The van der Waals surface area contributed by atoms with Crippen LogP contribution in [-0.4, -0.2) is 5.91 Å². The van der Waals surface area contributed by atoms with Crippen LogP contribution in [0.1, 0.15) is 10.4 Å². The van der Waals surface area contributed by atoms with Crippen molar-refractivity contribution in [2.24, 2.45) is 0 Å². The minimum atomic E-state index is -0.476. The summed E-state index contributed by atoms with van der Waals surface area (Å²) in [7, 11) is 0. The molecule has 0 radical (unpaired) electrons. The second kappa shape index (κ2) is 5.16. The van der Waals surface area contributed by atoms with Gasteiger partial charge < -0.3 is 16.8 Å². The van der Waals surface area contributed by atoms with Gasteiger partial charge in [0.05, 0.1) is 10.7 Å². The molecule has 1 amide bonds. The maximum Gasteiger partial charge on any atom is 0.255 e. The van der Waals surface area contributed by atoms with Crippen LogP contribution in [0.15, 0.2) is 36.4 Å². The van der Waals surface area contributed by atoms with Crippen LogP contribution in [-0.2, 0) is 0 Å². The van der Waals surface area contributed by atoms with Gasteiger partial charge >= 0.3 is 0 Å². The Hall–Kier alpha value is -2.27. The zero-order valence-corrected chi connectivity index (χ0v) is 10.5. The minimum absolute atomic E-state index is 0.116. The Bertz CT molecular complexity index is 626. The van der Waals surface area contributed by atoms with Gasteiger partial charge in [-0.3, -0.25) is 4.79 Å². The van der Waals surface area contributed by atoms with E-state index in [9.17, 15) is 9.18 Å². The topological polar surface area (TPSA) is 81.1 Å². The lowest BCUT2D eigenvalue weighted by Gasteiger charge is -2.08. The SMILES string of the molecule is Nc1cc(N)cc(C(=O)Nc2ccc(F)cc2Cl)c1. The Balaban J connectivity index is 2.25. The minimum Gasteiger partial charge on any atom is -0.399 e. The highest BCUT2D eigenvalue weighted by Crippen LogP contribution is 2.23. The fourth-order valence-corrected chi connectivity index (χ4v) is 1.81. The molecule has 0 heterocycles. The van der Waals surface area contributed by atoms with Gasteiger partial charge in [0.2, 0.25) is 0 Å². The first-order valence-electron chi connectivity index (χ1n) is 5.38. The third kappa shape index (κ3) is 3.14. The predicted octanol–water partition coefficient (Wildman–Crippen LogP) is 2.90. The van der Waals surface area contributed by atoms with Gasteiger partial charge in [0.1, 0.15) is 5.82 Å². The molecule has 2 aromatic rings. The molecular weight excluding hydrogens is 269 g/mol. The van der Waals surface area contributed by atoms with E-state index >= 15 is 0 Å². The molecule has 2 aromatic carbocycles. The maximum absolute atomic E-state index is 12.9. The molecule has 0 atom stereocenters. The molecule has 0 aromatic heterocycles. The molecule has 0 unspecified atom stereocenters. The molecule has 0 fully saturated rings. The summed E-state index contributed by atoms with van der Waals surface area (Å²) in [6, 6.07) is 8.22. The maximum atomic E-state index is 12.9. The second-order valence-corrected chi connectivity index (χ2v) is 4.37. The number of carbonyl (C=O) groups excluding carboxylic acids is 1. The highest BCUT2D eigenvalue weighted by Gasteiger charge is 2.10. The van der Waals surface area contributed by atoms with E-state index in [1.807, 2.05) is 0 Å². The molecule has 6 heteroatoms. The van der Waals surface area contributed by atoms with Crippen molar-refractivity contribution in [3.8, 4) is 0 Å². The molecule has 2 rings (SSSR count). The van der Waals surface area contributed by atoms with Crippen LogP contribution in [0.5, 0.6) is 0 Å². The number of nitrogen functional groups attached to an aromatic ring is 2. The monoisotopic (exact) mass is 279 g/mol. The molecule has 0 saturated heterocycles. The number of halogens is 2. The summed E-state index contributed by atoms with van der Waals surface area (Å²) in [5.41, 5.74) is 12.6. The Morgan fingerprint density at radius 3 is 2.32 bits per heavy atom. The summed E-state index contributed by atoms with van der Waals surface area (Å²) in [4.78, 5) is 12.0. The van der Waals surface area contributed by atoms with E-state index in [-0.39, 0.29) is 5.02 Å². The predicted molar refractivity (Wildman–Crippen MR) is 74.6 cm³/mol. The molecule has 0 spiro atoms. The van der Waals surface area contributed by atoms with Gasteiger partial charge in [-0.25, -0.2) is 4.39 Å². The Morgan fingerprint density at radius 1 is 1.11 bits per heavy atom. The number of hydrogen-bond acceptors (Lipinski definition) is 3. The molecule has 5 N–H and O–H groups in total. The van der Waals surface area contributed by atoms with Crippen molar-refractivity contribution in [1.29, 1.82) is 0 Å². The lowest BCUT2D eigenvalue weighted by molar-refractivity contribution is 0.102. The van der Waals surface area contributed by atoms with Gasteiger partial charge in [-0.1, -0.05) is 11.6 Å². The van der Waals surface area contributed by atoms with Gasteiger partial charge in [0.15, 0.2) is 0 Å². The van der Waals surface area contributed by atoms with Crippen molar-refractivity contribution in [3.63, 3.8) is 0 Å². The number of rotatable bonds is 2. The molecule has 4 nitrogen and oxygen atoms in total.